The van der Waals surface area contributed by atoms with E-state index in [1.54, 1.807) is 12.1 Å². The Kier molecular flexibility index (Phi) is 5.98. The second kappa shape index (κ2) is 9.17. The maximum atomic E-state index is 12.4. The first-order chi connectivity index (χ1) is 14.7. The van der Waals surface area contributed by atoms with Crippen molar-refractivity contribution in [1.29, 1.82) is 0 Å². The fraction of sp³-hybridized carbons (Fsp3) is 0.217. The molecule has 0 radical (unpaired) electrons. The molecule has 1 amide bonds. The van der Waals surface area contributed by atoms with Gasteiger partial charge in [-0.3, -0.25) is 4.79 Å². The lowest BCUT2D eigenvalue weighted by Crippen LogP contribution is -2.07. The summed E-state index contributed by atoms with van der Waals surface area (Å²) < 4.78 is 5.85. The van der Waals surface area contributed by atoms with Crippen LogP contribution in [0.4, 0.5) is 5.69 Å². The fourth-order valence-corrected chi connectivity index (χ4v) is 3.26. The average Bonchev–Trinajstić information content (AvgIpc) is 3.43. The number of rotatable bonds is 8. The summed E-state index contributed by atoms with van der Waals surface area (Å²) in [6.07, 6.45) is 8.11. The van der Waals surface area contributed by atoms with E-state index in [4.69, 9.17) is 4.42 Å². The van der Waals surface area contributed by atoms with Crippen molar-refractivity contribution in [3.8, 4) is 11.6 Å². The molecule has 0 aliphatic rings. The molecule has 0 aliphatic heterocycles. The summed E-state index contributed by atoms with van der Waals surface area (Å²) in [4.78, 5) is 12.4. The zero-order valence-electron chi connectivity index (χ0n) is 16.8. The highest BCUT2D eigenvalue weighted by atomic mass is 16.3. The van der Waals surface area contributed by atoms with E-state index in [0.717, 1.165) is 17.4 Å². The highest BCUT2D eigenvalue weighted by molar-refractivity contribution is 6.06. The second-order valence-electron chi connectivity index (χ2n) is 7.11. The number of H-pyrrole nitrogens is 1. The standard InChI is InChI=1S/C23H23N5O2/c1-2-3-4-6-16-9-11-17(12-10-16)13-14-21(29)24-19-8-5-7-18-15-20(30-22(18)19)23-25-27-28-26-23/h5,7-15H,2-4,6H2,1H3,(H,24,29)(H,25,26,27,28)/b14-13+. The Labute approximate surface area is 174 Å². The number of furan rings is 1. The van der Waals surface area contributed by atoms with Crippen molar-refractivity contribution in [2.24, 2.45) is 0 Å². The van der Waals surface area contributed by atoms with E-state index in [2.05, 4.69) is 45.0 Å². The number of carbonyl (C=O) groups excluding carboxylic acids is 1. The van der Waals surface area contributed by atoms with E-state index in [0.29, 0.717) is 22.9 Å². The molecule has 152 valence electrons. The molecule has 7 heteroatoms. The topological polar surface area (TPSA) is 96.7 Å². The first-order valence-electron chi connectivity index (χ1n) is 10.1. The summed E-state index contributed by atoms with van der Waals surface area (Å²) in [5.74, 6) is 0.710. The molecule has 4 aromatic rings. The van der Waals surface area contributed by atoms with Crippen LogP contribution in [0.1, 0.15) is 37.3 Å². The molecule has 0 spiro atoms. The summed E-state index contributed by atoms with van der Waals surface area (Å²) in [7, 11) is 0. The lowest BCUT2D eigenvalue weighted by atomic mass is 10.1. The van der Waals surface area contributed by atoms with Crippen LogP contribution in [-0.4, -0.2) is 26.5 Å². The molecule has 0 bridgehead atoms. The van der Waals surface area contributed by atoms with Gasteiger partial charge in [0.05, 0.1) is 5.69 Å². The van der Waals surface area contributed by atoms with Gasteiger partial charge >= 0.3 is 0 Å². The Hall–Kier alpha value is -3.74. The Morgan fingerprint density at radius 3 is 2.80 bits per heavy atom. The number of fused-ring (bicyclic) bond motifs is 1. The third-order valence-electron chi connectivity index (χ3n) is 4.86. The number of aromatic nitrogens is 4. The largest absolute Gasteiger partial charge is 0.450 e. The molecule has 2 N–H and O–H groups in total. The van der Waals surface area contributed by atoms with Gasteiger partial charge in [-0.2, -0.15) is 0 Å². The van der Waals surface area contributed by atoms with Crippen LogP contribution in [0.5, 0.6) is 0 Å². The number of hydrogen-bond donors (Lipinski definition) is 2. The second-order valence-corrected chi connectivity index (χ2v) is 7.11. The Balaban J connectivity index is 1.43. The fourth-order valence-electron chi connectivity index (χ4n) is 3.26. The highest BCUT2D eigenvalue weighted by Crippen LogP contribution is 2.30. The Morgan fingerprint density at radius 1 is 1.17 bits per heavy atom. The number of hydrogen-bond acceptors (Lipinski definition) is 5. The normalized spacial score (nSPS) is 11.4. The first kappa shape index (κ1) is 19.6. The number of anilines is 1. The summed E-state index contributed by atoms with van der Waals surface area (Å²) in [5.41, 5.74) is 3.47. The lowest BCUT2D eigenvalue weighted by molar-refractivity contribution is -0.111. The molecule has 0 atom stereocenters. The number of benzene rings is 2. The number of aryl methyl sites for hydroxylation is 1. The van der Waals surface area contributed by atoms with Gasteiger partial charge < -0.3 is 9.73 Å². The van der Waals surface area contributed by atoms with E-state index in [1.165, 1.54) is 30.9 Å². The van der Waals surface area contributed by atoms with Crippen LogP contribution in [-0.2, 0) is 11.2 Å². The van der Waals surface area contributed by atoms with Gasteiger partial charge in [0.15, 0.2) is 11.3 Å². The van der Waals surface area contributed by atoms with Gasteiger partial charge in [-0.25, -0.2) is 5.10 Å². The predicted octanol–water partition coefficient (Wildman–Crippen LogP) is 5.00. The first-order valence-corrected chi connectivity index (χ1v) is 10.1. The number of para-hydroxylation sites is 1. The number of aromatic amines is 1. The summed E-state index contributed by atoms with van der Waals surface area (Å²) in [6, 6.07) is 15.7. The number of amides is 1. The van der Waals surface area contributed by atoms with E-state index in [1.807, 2.05) is 30.3 Å². The molecule has 0 fully saturated rings. The number of carbonyl (C=O) groups is 1. The minimum atomic E-state index is -0.228. The van der Waals surface area contributed by atoms with E-state index < -0.39 is 0 Å². The third-order valence-corrected chi connectivity index (χ3v) is 4.86. The molecular formula is C23H23N5O2. The van der Waals surface area contributed by atoms with Crippen molar-refractivity contribution in [2.45, 2.75) is 32.6 Å². The summed E-state index contributed by atoms with van der Waals surface area (Å²) >= 11 is 0. The van der Waals surface area contributed by atoms with E-state index in [-0.39, 0.29) is 5.91 Å². The molecule has 30 heavy (non-hydrogen) atoms. The molecule has 0 unspecified atom stereocenters. The zero-order valence-corrected chi connectivity index (χ0v) is 16.8. The maximum absolute atomic E-state index is 12.4. The highest BCUT2D eigenvalue weighted by Gasteiger charge is 2.13. The van der Waals surface area contributed by atoms with Gasteiger partial charge in [-0.15, -0.1) is 5.10 Å². The summed E-state index contributed by atoms with van der Waals surface area (Å²) in [6.45, 7) is 2.21. The van der Waals surface area contributed by atoms with Gasteiger partial charge in [0.2, 0.25) is 11.7 Å². The molecule has 2 aromatic carbocycles. The Bertz CT molecular complexity index is 1140. The van der Waals surface area contributed by atoms with E-state index in [9.17, 15) is 4.79 Å². The van der Waals surface area contributed by atoms with Crippen molar-refractivity contribution in [1.82, 2.24) is 20.6 Å². The molecule has 4 rings (SSSR count). The molecule has 2 heterocycles. The average molecular weight is 401 g/mol. The van der Waals surface area contributed by atoms with Gasteiger partial charge in [-0.1, -0.05) is 56.2 Å². The van der Waals surface area contributed by atoms with Crippen molar-refractivity contribution in [3.05, 3.63) is 65.7 Å². The molecule has 7 nitrogen and oxygen atoms in total. The van der Waals surface area contributed by atoms with Crippen molar-refractivity contribution in [2.75, 3.05) is 5.32 Å². The number of tetrazole rings is 1. The smallest absolute Gasteiger partial charge is 0.248 e. The van der Waals surface area contributed by atoms with Crippen LogP contribution in [0, 0.1) is 0 Å². The van der Waals surface area contributed by atoms with Crippen LogP contribution in [0.2, 0.25) is 0 Å². The third kappa shape index (κ3) is 4.63. The monoisotopic (exact) mass is 401 g/mol. The number of nitrogens with zero attached hydrogens (tertiary/aromatic N) is 3. The van der Waals surface area contributed by atoms with E-state index >= 15 is 0 Å². The van der Waals surface area contributed by atoms with Gasteiger partial charge in [0.25, 0.3) is 0 Å². The predicted molar refractivity (Wildman–Crippen MR) is 117 cm³/mol. The quantitative estimate of drug-likeness (QED) is 0.320. The minimum absolute atomic E-state index is 0.228. The summed E-state index contributed by atoms with van der Waals surface area (Å²) in [5, 5.41) is 17.4. The van der Waals surface area contributed by atoms with Crippen LogP contribution < -0.4 is 5.32 Å². The maximum Gasteiger partial charge on any atom is 0.248 e. The molecular weight excluding hydrogens is 378 g/mol. The van der Waals surface area contributed by atoms with Crippen LogP contribution in [0.15, 0.2) is 59.0 Å². The molecule has 0 aliphatic carbocycles. The van der Waals surface area contributed by atoms with Crippen molar-refractivity contribution in [3.63, 3.8) is 0 Å². The molecule has 0 saturated carbocycles. The van der Waals surface area contributed by atoms with Crippen molar-refractivity contribution < 1.29 is 9.21 Å². The van der Waals surface area contributed by atoms with Gasteiger partial charge in [0, 0.05) is 11.5 Å². The van der Waals surface area contributed by atoms with Crippen LogP contribution >= 0.6 is 0 Å². The number of nitrogens with one attached hydrogen (secondary N) is 2. The Morgan fingerprint density at radius 2 is 2.03 bits per heavy atom. The van der Waals surface area contributed by atoms with Crippen LogP contribution in [0.3, 0.4) is 0 Å². The molecule has 0 saturated heterocycles. The lowest BCUT2D eigenvalue weighted by Gasteiger charge is -2.03. The van der Waals surface area contributed by atoms with Crippen LogP contribution in [0.25, 0.3) is 28.6 Å². The number of unbranched alkanes of at least 4 members (excludes halogenated alkanes) is 2. The molecule has 2 aromatic heterocycles. The zero-order chi connectivity index (χ0) is 20.8. The SMILES string of the molecule is CCCCCc1ccc(/C=C/C(=O)Nc2cccc3cc(-c4nnn[nH]4)oc23)cc1. The van der Waals surface area contributed by atoms with Gasteiger partial charge in [0.1, 0.15) is 0 Å². The minimum Gasteiger partial charge on any atom is -0.450 e. The van der Waals surface area contributed by atoms with Crippen molar-refractivity contribution >= 4 is 28.6 Å². The van der Waals surface area contributed by atoms with Gasteiger partial charge in [-0.05, 0) is 52.6 Å².